The van der Waals surface area contributed by atoms with Crippen molar-refractivity contribution in [3.05, 3.63) is 71.4 Å². The molecule has 0 saturated heterocycles. The average Bonchev–Trinajstić information content (AvgIpc) is 2.76. The van der Waals surface area contributed by atoms with Gasteiger partial charge < -0.3 is 4.57 Å². The van der Waals surface area contributed by atoms with Crippen LogP contribution in [-0.2, 0) is 13.0 Å². The van der Waals surface area contributed by atoms with E-state index >= 15 is 0 Å². The van der Waals surface area contributed by atoms with E-state index in [1.165, 1.54) is 27.7 Å². The first-order chi connectivity index (χ1) is 9.28. The Morgan fingerprint density at radius 1 is 0.895 bits per heavy atom. The number of aromatic nitrogens is 1. The van der Waals surface area contributed by atoms with Gasteiger partial charge in [-0.05, 0) is 42.0 Å². The first-order valence-electron chi connectivity index (χ1n) is 6.90. The first-order valence-corrected chi connectivity index (χ1v) is 6.90. The van der Waals surface area contributed by atoms with E-state index in [0.717, 1.165) is 13.0 Å². The van der Waals surface area contributed by atoms with Crippen molar-refractivity contribution in [1.82, 2.24) is 4.57 Å². The zero-order chi connectivity index (χ0) is 13.2. The van der Waals surface area contributed by atoms with E-state index < -0.39 is 0 Å². The van der Waals surface area contributed by atoms with E-state index in [2.05, 4.69) is 73.0 Å². The molecule has 96 valence electrons. The van der Waals surface area contributed by atoms with Crippen LogP contribution in [0, 0.1) is 6.92 Å². The van der Waals surface area contributed by atoms with Crippen LogP contribution in [0.15, 0.2) is 54.6 Å². The van der Waals surface area contributed by atoms with E-state index in [1.54, 1.807) is 0 Å². The molecule has 0 bridgehead atoms. The molecule has 0 N–H and O–H groups in total. The molecule has 3 aromatic rings. The number of benzene rings is 2. The van der Waals surface area contributed by atoms with Gasteiger partial charge in [0.2, 0.25) is 0 Å². The number of fused-ring (bicyclic) bond motifs is 1. The quantitative estimate of drug-likeness (QED) is 0.641. The molecule has 0 atom stereocenters. The molecule has 0 aliphatic rings. The molecule has 1 heterocycles. The molecular formula is C18H19N. The lowest BCUT2D eigenvalue weighted by Gasteiger charge is -2.09. The van der Waals surface area contributed by atoms with Crippen molar-refractivity contribution in [2.24, 2.45) is 0 Å². The second kappa shape index (κ2) is 4.93. The summed E-state index contributed by atoms with van der Waals surface area (Å²) >= 11 is 0. The number of para-hydroxylation sites is 1. The Labute approximate surface area is 114 Å². The van der Waals surface area contributed by atoms with Crippen LogP contribution in [0.3, 0.4) is 0 Å². The predicted octanol–water partition coefficient (Wildman–Crippen LogP) is 4.56. The summed E-state index contributed by atoms with van der Waals surface area (Å²) < 4.78 is 2.39. The van der Waals surface area contributed by atoms with Gasteiger partial charge in [0, 0.05) is 17.8 Å². The van der Waals surface area contributed by atoms with E-state index in [-0.39, 0.29) is 0 Å². The Hall–Kier alpha value is -2.02. The molecular weight excluding hydrogens is 230 g/mol. The molecule has 1 nitrogen and oxygen atoms in total. The van der Waals surface area contributed by atoms with Crippen LogP contribution in [0.2, 0.25) is 0 Å². The molecule has 0 spiro atoms. The Kier molecular flexibility index (Phi) is 3.12. The normalized spacial score (nSPS) is 11.1. The van der Waals surface area contributed by atoms with Gasteiger partial charge in [0.25, 0.3) is 0 Å². The fourth-order valence-corrected chi connectivity index (χ4v) is 2.62. The van der Waals surface area contributed by atoms with Gasteiger partial charge in [-0.15, -0.1) is 0 Å². The average molecular weight is 249 g/mol. The lowest BCUT2D eigenvalue weighted by Crippen LogP contribution is -2.01. The zero-order valence-corrected chi connectivity index (χ0v) is 11.6. The fraction of sp³-hybridized carbons (Fsp3) is 0.222. The van der Waals surface area contributed by atoms with Crippen molar-refractivity contribution in [3.63, 3.8) is 0 Å². The predicted molar refractivity (Wildman–Crippen MR) is 81.6 cm³/mol. The van der Waals surface area contributed by atoms with Crippen molar-refractivity contribution >= 4 is 10.9 Å². The van der Waals surface area contributed by atoms with Crippen LogP contribution in [0.5, 0.6) is 0 Å². The monoisotopic (exact) mass is 249 g/mol. The van der Waals surface area contributed by atoms with E-state index in [0.29, 0.717) is 0 Å². The van der Waals surface area contributed by atoms with E-state index in [4.69, 9.17) is 0 Å². The number of rotatable bonds is 3. The SMILES string of the molecule is CCc1ccc(Cn2c(C)cc3ccccc32)cc1. The van der Waals surface area contributed by atoms with Crippen LogP contribution < -0.4 is 0 Å². The fourth-order valence-electron chi connectivity index (χ4n) is 2.62. The molecule has 0 radical (unpaired) electrons. The van der Waals surface area contributed by atoms with Gasteiger partial charge in [0.05, 0.1) is 0 Å². The standard InChI is InChI=1S/C18H19N/c1-3-15-8-10-16(11-9-15)13-19-14(2)12-17-6-4-5-7-18(17)19/h4-12H,3,13H2,1-2H3. The second-order valence-corrected chi connectivity index (χ2v) is 5.10. The van der Waals surface area contributed by atoms with Gasteiger partial charge in [-0.3, -0.25) is 0 Å². The molecule has 3 rings (SSSR count). The van der Waals surface area contributed by atoms with Crippen molar-refractivity contribution in [2.45, 2.75) is 26.8 Å². The lowest BCUT2D eigenvalue weighted by atomic mass is 10.1. The van der Waals surface area contributed by atoms with Crippen LogP contribution in [0.4, 0.5) is 0 Å². The lowest BCUT2D eigenvalue weighted by molar-refractivity contribution is 0.804. The Bertz CT molecular complexity index is 689. The van der Waals surface area contributed by atoms with Crippen molar-refractivity contribution in [2.75, 3.05) is 0 Å². The highest BCUT2D eigenvalue weighted by Crippen LogP contribution is 2.20. The Balaban J connectivity index is 1.98. The van der Waals surface area contributed by atoms with Crippen molar-refractivity contribution < 1.29 is 0 Å². The summed E-state index contributed by atoms with van der Waals surface area (Å²) in [4.78, 5) is 0. The molecule has 0 unspecified atom stereocenters. The molecule has 0 amide bonds. The van der Waals surface area contributed by atoms with Crippen LogP contribution in [0.1, 0.15) is 23.7 Å². The number of nitrogens with zero attached hydrogens (tertiary/aromatic N) is 1. The Morgan fingerprint density at radius 2 is 1.58 bits per heavy atom. The third-order valence-corrected chi connectivity index (χ3v) is 3.79. The third-order valence-electron chi connectivity index (χ3n) is 3.79. The zero-order valence-electron chi connectivity index (χ0n) is 11.6. The molecule has 1 aromatic heterocycles. The third kappa shape index (κ3) is 2.28. The maximum Gasteiger partial charge on any atom is 0.0485 e. The van der Waals surface area contributed by atoms with Crippen LogP contribution >= 0.6 is 0 Å². The number of aryl methyl sites for hydroxylation is 2. The summed E-state index contributed by atoms with van der Waals surface area (Å²) in [6, 6.07) is 19.8. The summed E-state index contributed by atoms with van der Waals surface area (Å²) in [7, 11) is 0. The van der Waals surface area contributed by atoms with Gasteiger partial charge in [-0.25, -0.2) is 0 Å². The minimum absolute atomic E-state index is 0.948. The topological polar surface area (TPSA) is 4.93 Å². The van der Waals surface area contributed by atoms with Crippen LogP contribution in [0.25, 0.3) is 10.9 Å². The summed E-state index contributed by atoms with van der Waals surface area (Å²) in [5, 5.41) is 1.32. The van der Waals surface area contributed by atoms with Gasteiger partial charge >= 0.3 is 0 Å². The minimum Gasteiger partial charge on any atom is -0.340 e. The molecule has 1 heteroatoms. The highest BCUT2D eigenvalue weighted by Gasteiger charge is 2.05. The molecule has 0 saturated carbocycles. The Morgan fingerprint density at radius 3 is 2.32 bits per heavy atom. The molecule has 19 heavy (non-hydrogen) atoms. The van der Waals surface area contributed by atoms with Gasteiger partial charge in [0.15, 0.2) is 0 Å². The van der Waals surface area contributed by atoms with E-state index in [9.17, 15) is 0 Å². The molecule has 0 aliphatic carbocycles. The minimum atomic E-state index is 0.948. The van der Waals surface area contributed by atoms with E-state index in [1.807, 2.05) is 0 Å². The summed E-state index contributed by atoms with van der Waals surface area (Å²) in [5.41, 5.74) is 5.40. The maximum absolute atomic E-state index is 2.39. The maximum atomic E-state index is 2.39. The van der Waals surface area contributed by atoms with Gasteiger partial charge in [-0.1, -0.05) is 49.4 Å². The largest absolute Gasteiger partial charge is 0.340 e. The van der Waals surface area contributed by atoms with Gasteiger partial charge in [0.1, 0.15) is 0 Å². The van der Waals surface area contributed by atoms with Crippen molar-refractivity contribution in [3.8, 4) is 0 Å². The smallest absolute Gasteiger partial charge is 0.0485 e. The summed E-state index contributed by atoms with van der Waals surface area (Å²) in [6.07, 6.45) is 1.10. The number of hydrogen-bond donors (Lipinski definition) is 0. The molecule has 2 aromatic carbocycles. The molecule has 0 aliphatic heterocycles. The summed E-state index contributed by atoms with van der Waals surface area (Å²) in [5.74, 6) is 0. The summed E-state index contributed by atoms with van der Waals surface area (Å²) in [6.45, 7) is 5.32. The highest BCUT2D eigenvalue weighted by atomic mass is 15.0. The number of hydrogen-bond acceptors (Lipinski definition) is 0. The first kappa shape index (κ1) is 12.0. The highest BCUT2D eigenvalue weighted by molar-refractivity contribution is 5.81. The van der Waals surface area contributed by atoms with Crippen LogP contribution in [-0.4, -0.2) is 4.57 Å². The molecule has 0 fully saturated rings. The van der Waals surface area contributed by atoms with Crippen molar-refractivity contribution in [1.29, 1.82) is 0 Å². The second-order valence-electron chi connectivity index (χ2n) is 5.10. The van der Waals surface area contributed by atoms with Gasteiger partial charge in [-0.2, -0.15) is 0 Å².